The number of rotatable bonds is 6. The number of nitrogens with one attached hydrogen (secondary N) is 1. The number of piperazine rings is 1. The molecule has 3 heterocycles. The summed E-state index contributed by atoms with van der Waals surface area (Å²) in [6, 6.07) is 6.17. The Labute approximate surface area is 190 Å². The molecule has 0 aromatic heterocycles. The van der Waals surface area contributed by atoms with Gasteiger partial charge in [-0.3, -0.25) is 14.5 Å². The molecule has 0 radical (unpaired) electrons. The Morgan fingerprint density at radius 3 is 2.69 bits per heavy atom. The number of nitrogens with zero attached hydrogens (tertiary/aromatic N) is 3. The van der Waals surface area contributed by atoms with Gasteiger partial charge in [-0.15, -0.1) is 0 Å². The molecule has 176 valence electrons. The van der Waals surface area contributed by atoms with Gasteiger partial charge in [0, 0.05) is 51.0 Å². The zero-order valence-electron chi connectivity index (χ0n) is 19.5. The minimum absolute atomic E-state index is 0.0352. The van der Waals surface area contributed by atoms with Gasteiger partial charge in [-0.25, -0.2) is 0 Å². The topological polar surface area (TPSA) is 74.3 Å². The molecule has 1 aromatic carbocycles. The highest BCUT2D eigenvalue weighted by atomic mass is 16.5. The van der Waals surface area contributed by atoms with E-state index in [4.69, 9.17) is 9.47 Å². The number of benzene rings is 1. The maximum absolute atomic E-state index is 13.2. The summed E-state index contributed by atoms with van der Waals surface area (Å²) in [6.07, 6.45) is 0.704. The second kappa shape index (κ2) is 10.1. The highest BCUT2D eigenvalue weighted by molar-refractivity contribution is 5.82. The Hall–Kier alpha value is -2.32. The third-order valence-corrected chi connectivity index (χ3v) is 6.75. The first-order valence-corrected chi connectivity index (χ1v) is 11.8. The van der Waals surface area contributed by atoms with Crippen LogP contribution in [-0.2, 0) is 20.7 Å². The van der Waals surface area contributed by atoms with Crippen molar-refractivity contribution in [2.45, 2.75) is 26.3 Å². The van der Waals surface area contributed by atoms with Crippen LogP contribution in [0.4, 0.5) is 5.69 Å². The van der Waals surface area contributed by atoms with Crippen molar-refractivity contribution in [2.24, 2.45) is 11.8 Å². The average Bonchev–Trinajstić information content (AvgIpc) is 2.82. The summed E-state index contributed by atoms with van der Waals surface area (Å²) < 4.78 is 10.8. The molecule has 2 saturated heterocycles. The number of hydrogen-bond donors (Lipinski definition) is 1. The summed E-state index contributed by atoms with van der Waals surface area (Å²) in [6.45, 7) is 10.1. The van der Waals surface area contributed by atoms with Gasteiger partial charge < -0.3 is 24.6 Å². The van der Waals surface area contributed by atoms with E-state index in [9.17, 15) is 9.59 Å². The van der Waals surface area contributed by atoms with Gasteiger partial charge in [0.15, 0.2) is 0 Å². The molecule has 0 bridgehead atoms. The largest absolute Gasteiger partial charge is 0.497 e. The van der Waals surface area contributed by atoms with E-state index < -0.39 is 0 Å². The van der Waals surface area contributed by atoms with E-state index in [2.05, 4.69) is 41.1 Å². The number of carbonyl (C=O) groups excluding carboxylic acids is 2. The van der Waals surface area contributed by atoms with Crippen LogP contribution in [0.25, 0.3) is 0 Å². The lowest BCUT2D eigenvalue weighted by molar-refractivity contribution is -0.136. The lowest BCUT2D eigenvalue weighted by Gasteiger charge is -2.49. The fourth-order valence-corrected chi connectivity index (χ4v) is 4.95. The van der Waals surface area contributed by atoms with Crippen molar-refractivity contribution in [1.29, 1.82) is 0 Å². The highest BCUT2D eigenvalue weighted by Gasteiger charge is 2.42. The second-order valence-corrected chi connectivity index (χ2v) is 9.43. The number of hydrogen-bond acceptors (Lipinski definition) is 6. The van der Waals surface area contributed by atoms with Crippen molar-refractivity contribution in [3.8, 4) is 5.75 Å². The van der Waals surface area contributed by atoms with E-state index in [1.165, 1.54) is 5.56 Å². The van der Waals surface area contributed by atoms with Crippen LogP contribution in [0.2, 0.25) is 0 Å². The molecule has 0 saturated carbocycles. The number of amides is 2. The molecule has 3 aliphatic heterocycles. The number of methoxy groups -OCH3 is 1. The van der Waals surface area contributed by atoms with Gasteiger partial charge in [0.2, 0.25) is 11.8 Å². The number of carbonyl (C=O) groups is 2. The Kier molecular flexibility index (Phi) is 7.20. The quantitative estimate of drug-likeness (QED) is 0.706. The monoisotopic (exact) mass is 444 g/mol. The molecule has 8 nitrogen and oxygen atoms in total. The minimum atomic E-state index is -0.143. The summed E-state index contributed by atoms with van der Waals surface area (Å²) >= 11 is 0. The summed E-state index contributed by atoms with van der Waals surface area (Å²) in [7, 11) is 1.68. The standard InChI is InChI=1S/C24H36N4O4/c1-17(2)14-25-24(30)20-12-18-4-5-19(31-3)13-21(18)28-7-6-26(15-22(20)28)16-23(29)27-8-10-32-11-9-27/h4-5,13,17,20,22H,6-12,14-16H2,1-3H3,(H,25,30). The first-order valence-electron chi connectivity index (χ1n) is 11.8. The van der Waals surface area contributed by atoms with Crippen LogP contribution in [0.5, 0.6) is 5.75 Å². The number of morpholine rings is 1. The van der Waals surface area contributed by atoms with Gasteiger partial charge in [-0.2, -0.15) is 0 Å². The van der Waals surface area contributed by atoms with Crippen LogP contribution in [0.3, 0.4) is 0 Å². The van der Waals surface area contributed by atoms with Crippen molar-refractivity contribution in [3.63, 3.8) is 0 Å². The molecule has 4 rings (SSSR count). The summed E-state index contributed by atoms with van der Waals surface area (Å²) in [4.78, 5) is 32.5. The molecular weight excluding hydrogens is 408 g/mol. The molecule has 2 fully saturated rings. The summed E-state index contributed by atoms with van der Waals surface area (Å²) in [5, 5.41) is 3.15. The number of ether oxygens (including phenoxy) is 2. The van der Waals surface area contributed by atoms with Gasteiger partial charge >= 0.3 is 0 Å². The molecule has 2 atom stereocenters. The molecule has 0 aliphatic carbocycles. The third kappa shape index (κ3) is 5.02. The Morgan fingerprint density at radius 2 is 1.97 bits per heavy atom. The molecule has 0 spiro atoms. The highest BCUT2D eigenvalue weighted by Crippen LogP contribution is 2.38. The SMILES string of the molecule is COc1ccc2c(c1)N1CCN(CC(=O)N3CCOCC3)CC1C(C(=O)NCC(C)C)C2. The normalized spacial score (nSPS) is 23.5. The average molecular weight is 445 g/mol. The van der Waals surface area contributed by atoms with Crippen molar-refractivity contribution in [1.82, 2.24) is 15.1 Å². The molecule has 2 unspecified atom stereocenters. The van der Waals surface area contributed by atoms with Gasteiger partial charge in [-0.1, -0.05) is 19.9 Å². The molecule has 3 aliphatic rings. The molecular formula is C24H36N4O4. The lowest BCUT2D eigenvalue weighted by Crippen LogP contribution is -2.62. The predicted molar refractivity (Wildman–Crippen MR) is 123 cm³/mol. The van der Waals surface area contributed by atoms with Gasteiger partial charge in [0.05, 0.1) is 38.8 Å². The van der Waals surface area contributed by atoms with Crippen molar-refractivity contribution in [2.75, 3.05) is 71.0 Å². The van der Waals surface area contributed by atoms with Crippen LogP contribution in [0.1, 0.15) is 19.4 Å². The van der Waals surface area contributed by atoms with Crippen molar-refractivity contribution < 1.29 is 19.1 Å². The van der Waals surface area contributed by atoms with Crippen LogP contribution < -0.4 is 15.0 Å². The second-order valence-electron chi connectivity index (χ2n) is 9.43. The van der Waals surface area contributed by atoms with E-state index in [1.54, 1.807) is 7.11 Å². The Balaban J connectivity index is 1.52. The maximum Gasteiger partial charge on any atom is 0.236 e. The maximum atomic E-state index is 13.2. The van der Waals surface area contributed by atoms with E-state index in [0.717, 1.165) is 24.5 Å². The van der Waals surface area contributed by atoms with Crippen LogP contribution >= 0.6 is 0 Å². The fraction of sp³-hybridized carbons (Fsp3) is 0.667. The first kappa shape index (κ1) is 22.9. The van der Waals surface area contributed by atoms with Gasteiger partial charge in [0.1, 0.15) is 5.75 Å². The molecule has 1 N–H and O–H groups in total. The predicted octanol–water partition coefficient (Wildman–Crippen LogP) is 0.989. The van der Waals surface area contributed by atoms with E-state index >= 15 is 0 Å². The van der Waals surface area contributed by atoms with Gasteiger partial charge in [-0.05, 0) is 24.0 Å². The Morgan fingerprint density at radius 1 is 1.19 bits per heavy atom. The Bertz CT molecular complexity index is 824. The molecule has 8 heteroatoms. The molecule has 1 aromatic rings. The van der Waals surface area contributed by atoms with Crippen molar-refractivity contribution >= 4 is 17.5 Å². The zero-order chi connectivity index (χ0) is 22.7. The van der Waals surface area contributed by atoms with Gasteiger partial charge in [0.25, 0.3) is 0 Å². The van der Waals surface area contributed by atoms with Crippen molar-refractivity contribution in [3.05, 3.63) is 23.8 Å². The molecule has 2 amide bonds. The summed E-state index contributed by atoms with van der Waals surface area (Å²) in [5.74, 6) is 1.35. The van der Waals surface area contributed by atoms with Crippen LogP contribution in [0, 0.1) is 11.8 Å². The third-order valence-electron chi connectivity index (χ3n) is 6.75. The van der Waals surface area contributed by atoms with Crippen LogP contribution in [-0.4, -0.2) is 93.8 Å². The summed E-state index contributed by atoms with van der Waals surface area (Å²) in [5.41, 5.74) is 2.34. The minimum Gasteiger partial charge on any atom is -0.497 e. The van der Waals surface area contributed by atoms with E-state index in [0.29, 0.717) is 58.3 Å². The van der Waals surface area contributed by atoms with E-state index in [1.807, 2.05) is 11.0 Å². The van der Waals surface area contributed by atoms with Crippen LogP contribution in [0.15, 0.2) is 18.2 Å². The smallest absolute Gasteiger partial charge is 0.236 e. The number of fused-ring (bicyclic) bond motifs is 3. The zero-order valence-corrected chi connectivity index (χ0v) is 19.5. The molecule has 32 heavy (non-hydrogen) atoms. The first-order chi connectivity index (χ1) is 15.5. The number of anilines is 1. The lowest BCUT2D eigenvalue weighted by atomic mass is 9.83. The fourth-order valence-electron chi connectivity index (χ4n) is 4.95. The van der Waals surface area contributed by atoms with E-state index in [-0.39, 0.29) is 23.8 Å².